The molecule has 108 valence electrons. The van der Waals surface area contributed by atoms with Gasteiger partial charge in [-0.05, 0) is 61.7 Å². The molecule has 0 radical (unpaired) electrons. The largest absolute Gasteiger partial charge is 0.457 e. The van der Waals surface area contributed by atoms with Gasteiger partial charge in [0.15, 0.2) is 0 Å². The molecular formula is C17H16BrNO2. The maximum Gasteiger partial charge on any atom is 0.133 e. The molecule has 0 aliphatic carbocycles. The van der Waals surface area contributed by atoms with Crippen LogP contribution in [-0.2, 0) is 0 Å². The Balaban J connectivity index is 2.35. The van der Waals surface area contributed by atoms with Crippen molar-refractivity contribution in [2.75, 3.05) is 0 Å². The van der Waals surface area contributed by atoms with Gasteiger partial charge in [0.25, 0.3) is 0 Å². The highest BCUT2D eigenvalue weighted by Gasteiger charge is 2.11. The molecule has 0 bridgehead atoms. The number of ether oxygens (including phenoxy) is 1. The molecule has 2 aromatic carbocycles. The summed E-state index contributed by atoms with van der Waals surface area (Å²) in [5, 5.41) is 18.6. The summed E-state index contributed by atoms with van der Waals surface area (Å²) >= 11 is 3.44. The van der Waals surface area contributed by atoms with Gasteiger partial charge in [-0.3, -0.25) is 0 Å². The molecule has 0 saturated carbocycles. The molecule has 3 nitrogen and oxygen atoms in total. The minimum Gasteiger partial charge on any atom is -0.457 e. The Morgan fingerprint density at radius 2 is 1.81 bits per heavy atom. The van der Waals surface area contributed by atoms with Crippen molar-refractivity contribution >= 4 is 15.9 Å². The summed E-state index contributed by atoms with van der Waals surface area (Å²) in [5.74, 6) is 1.44. The summed E-state index contributed by atoms with van der Waals surface area (Å²) in [7, 11) is 0. The number of aliphatic hydroxyl groups is 1. The Hall–Kier alpha value is -1.83. The minimum absolute atomic E-state index is 0.535. The first-order chi connectivity index (χ1) is 9.92. The van der Waals surface area contributed by atoms with Gasteiger partial charge in [-0.15, -0.1) is 0 Å². The van der Waals surface area contributed by atoms with E-state index in [-0.39, 0.29) is 0 Å². The molecule has 2 rings (SSSR count). The number of aliphatic hydroxyl groups excluding tert-OH is 1. The first-order valence-electron chi connectivity index (χ1n) is 6.59. The summed E-state index contributed by atoms with van der Waals surface area (Å²) < 4.78 is 6.74. The monoisotopic (exact) mass is 345 g/mol. The van der Waals surface area contributed by atoms with Gasteiger partial charge in [0.05, 0.1) is 17.7 Å². The van der Waals surface area contributed by atoms with Crippen molar-refractivity contribution in [3.05, 3.63) is 57.1 Å². The van der Waals surface area contributed by atoms with E-state index in [9.17, 15) is 5.11 Å². The van der Waals surface area contributed by atoms with Crippen LogP contribution in [0.4, 0.5) is 0 Å². The van der Waals surface area contributed by atoms with Gasteiger partial charge in [-0.2, -0.15) is 5.26 Å². The predicted molar refractivity (Wildman–Crippen MR) is 85.5 cm³/mol. The number of hydrogen-bond acceptors (Lipinski definition) is 3. The van der Waals surface area contributed by atoms with Crippen LogP contribution in [-0.4, -0.2) is 5.11 Å². The van der Waals surface area contributed by atoms with Crippen LogP contribution < -0.4 is 4.74 Å². The molecule has 0 aliphatic rings. The first-order valence-corrected chi connectivity index (χ1v) is 7.38. The van der Waals surface area contributed by atoms with E-state index in [0.29, 0.717) is 11.3 Å². The molecule has 0 aromatic heterocycles. The zero-order valence-electron chi connectivity index (χ0n) is 12.1. The Morgan fingerprint density at radius 1 is 1.19 bits per heavy atom. The average Bonchev–Trinajstić information content (AvgIpc) is 2.42. The zero-order chi connectivity index (χ0) is 15.6. The number of hydrogen-bond donors (Lipinski definition) is 1. The summed E-state index contributed by atoms with van der Waals surface area (Å²) in [4.78, 5) is 0. The average molecular weight is 346 g/mol. The van der Waals surface area contributed by atoms with Gasteiger partial charge in [0, 0.05) is 4.47 Å². The van der Waals surface area contributed by atoms with Crippen LogP contribution in [0.2, 0.25) is 0 Å². The fourth-order valence-corrected chi connectivity index (χ4v) is 2.89. The third kappa shape index (κ3) is 3.44. The molecule has 1 atom stereocenters. The molecule has 21 heavy (non-hydrogen) atoms. The van der Waals surface area contributed by atoms with Crippen LogP contribution in [0, 0.1) is 25.2 Å². The van der Waals surface area contributed by atoms with Gasteiger partial charge in [-0.1, -0.05) is 22.0 Å². The summed E-state index contributed by atoms with van der Waals surface area (Å²) in [6, 6.07) is 11.2. The Morgan fingerprint density at radius 3 is 2.29 bits per heavy atom. The highest BCUT2D eigenvalue weighted by Crippen LogP contribution is 2.33. The van der Waals surface area contributed by atoms with E-state index in [0.717, 1.165) is 26.9 Å². The van der Waals surface area contributed by atoms with Gasteiger partial charge in [0.1, 0.15) is 11.5 Å². The normalized spacial score (nSPS) is 11.8. The van der Waals surface area contributed by atoms with Crippen molar-refractivity contribution in [2.24, 2.45) is 0 Å². The molecule has 1 unspecified atom stereocenters. The number of halogens is 1. The fraction of sp³-hybridized carbons (Fsp3) is 0.235. The van der Waals surface area contributed by atoms with Crippen LogP contribution in [0.1, 0.15) is 35.3 Å². The van der Waals surface area contributed by atoms with Crippen molar-refractivity contribution in [2.45, 2.75) is 26.9 Å². The highest BCUT2D eigenvalue weighted by atomic mass is 79.9. The molecular weight excluding hydrogens is 330 g/mol. The van der Waals surface area contributed by atoms with E-state index >= 15 is 0 Å². The van der Waals surface area contributed by atoms with E-state index in [1.807, 2.05) is 44.2 Å². The lowest BCUT2D eigenvalue weighted by atomic mass is 10.1. The molecule has 0 aliphatic heterocycles. The first kappa shape index (κ1) is 15.6. The topological polar surface area (TPSA) is 53.2 Å². The maximum atomic E-state index is 9.63. The number of nitrogens with zero attached hydrogens (tertiary/aromatic N) is 1. The van der Waals surface area contributed by atoms with E-state index in [1.165, 1.54) is 0 Å². The quantitative estimate of drug-likeness (QED) is 0.870. The maximum absolute atomic E-state index is 9.63. The Bertz CT molecular complexity index is 694. The number of nitriles is 1. The third-order valence-corrected chi connectivity index (χ3v) is 3.92. The summed E-state index contributed by atoms with van der Waals surface area (Å²) in [6.07, 6.45) is -0.535. The van der Waals surface area contributed by atoms with Crippen LogP contribution >= 0.6 is 15.9 Å². The highest BCUT2D eigenvalue weighted by molar-refractivity contribution is 9.10. The van der Waals surface area contributed by atoms with E-state index in [1.54, 1.807) is 6.92 Å². The second-order valence-corrected chi connectivity index (χ2v) is 5.87. The number of aryl methyl sites for hydroxylation is 2. The van der Waals surface area contributed by atoms with Crippen LogP contribution in [0.5, 0.6) is 11.5 Å². The van der Waals surface area contributed by atoms with Gasteiger partial charge in [-0.25, -0.2) is 0 Å². The summed E-state index contributed by atoms with van der Waals surface area (Å²) in [5.41, 5.74) is 3.28. The van der Waals surface area contributed by atoms with Crippen LogP contribution in [0.15, 0.2) is 34.8 Å². The van der Waals surface area contributed by atoms with Crippen molar-refractivity contribution in [1.29, 1.82) is 5.26 Å². The Kier molecular flexibility index (Phi) is 4.66. The lowest BCUT2D eigenvalue weighted by Crippen LogP contribution is -1.95. The van der Waals surface area contributed by atoms with Crippen LogP contribution in [0.25, 0.3) is 0 Å². The Labute approximate surface area is 132 Å². The molecule has 0 amide bonds. The fourth-order valence-electron chi connectivity index (χ4n) is 2.20. The molecule has 0 heterocycles. The van der Waals surface area contributed by atoms with Gasteiger partial charge < -0.3 is 9.84 Å². The van der Waals surface area contributed by atoms with Gasteiger partial charge >= 0.3 is 0 Å². The minimum atomic E-state index is -0.535. The van der Waals surface area contributed by atoms with Crippen molar-refractivity contribution < 1.29 is 9.84 Å². The van der Waals surface area contributed by atoms with E-state index < -0.39 is 6.10 Å². The number of rotatable bonds is 3. The smallest absolute Gasteiger partial charge is 0.133 e. The number of benzene rings is 2. The van der Waals surface area contributed by atoms with E-state index in [4.69, 9.17) is 10.00 Å². The lowest BCUT2D eigenvalue weighted by molar-refractivity contribution is 0.198. The molecule has 0 spiro atoms. The molecule has 2 aromatic rings. The molecule has 0 fully saturated rings. The molecule has 1 N–H and O–H groups in total. The SMILES string of the molecule is Cc1cc(C#N)cc(C)c1Oc1ccc(C(C)O)c(Br)c1. The summed E-state index contributed by atoms with van der Waals surface area (Å²) in [6.45, 7) is 5.56. The molecule has 0 saturated heterocycles. The second-order valence-electron chi connectivity index (χ2n) is 5.01. The standard InChI is InChI=1S/C17H16BrNO2/c1-10-6-13(9-19)7-11(2)17(10)21-14-4-5-15(12(3)20)16(18)8-14/h4-8,12,20H,1-3H3. The van der Waals surface area contributed by atoms with Gasteiger partial charge in [0.2, 0.25) is 0 Å². The van der Waals surface area contributed by atoms with E-state index in [2.05, 4.69) is 22.0 Å². The van der Waals surface area contributed by atoms with Crippen molar-refractivity contribution in [1.82, 2.24) is 0 Å². The second kappa shape index (κ2) is 6.30. The predicted octanol–water partition coefficient (Wildman–Crippen LogP) is 4.78. The van der Waals surface area contributed by atoms with Crippen molar-refractivity contribution in [3.63, 3.8) is 0 Å². The van der Waals surface area contributed by atoms with Crippen LogP contribution in [0.3, 0.4) is 0 Å². The lowest BCUT2D eigenvalue weighted by Gasteiger charge is -2.14. The van der Waals surface area contributed by atoms with Crippen molar-refractivity contribution in [3.8, 4) is 17.6 Å². The molecule has 4 heteroatoms. The third-order valence-electron chi connectivity index (χ3n) is 3.23. The zero-order valence-corrected chi connectivity index (χ0v) is 13.7.